The van der Waals surface area contributed by atoms with E-state index in [0.717, 1.165) is 6.42 Å². The molecule has 86 valence electrons. The van der Waals surface area contributed by atoms with Gasteiger partial charge in [0, 0.05) is 0 Å². The van der Waals surface area contributed by atoms with E-state index < -0.39 is 12.0 Å². The predicted octanol–water partition coefficient (Wildman–Crippen LogP) is 2.15. The molecule has 0 saturated carbocycles. The van der Waals surface area contributed by atoms with Crippen LogP contribution in [0.2, 0.25) is 0 Å². The summed E-state index contributed by atoms with van der Waals surface area (Å²) >= 11 is 0. The van der Waals surface area contributed by atoms with Gasteiger partial charge in [0.25, 0.3) is 0 Å². The lowest BCUT2D eigenvalue weighted by atomic mass is 9.93. The number of carbonyl (C=O) groups is 1. The van der Waals surface area contributed by atoms with Crippen LogP contribution in [0.1, 0.15) is 33.6 Å². The average Bonchev–Trinajstić information content (AvgIpc) is 1.98. The molecule has 0 aromatic rings. The fourth-order valence-electron chi connectivity index (χ4n) is 1.65. The third-order valence-corrected chi connectivity index (χ3v) is 2.16. The number of hydrogen-bond acceptors (Lipinski definition) is 2. The summed E-state index contributed by atoms with van der Waals surface area (Å²) in [7, 11) is 1.70. The quantitative estimate of drug-likeness (QED) is 0.726. The minimum Gasteiger partial charge on any atom is -0.480 e. The van der Waals surface area contributed by atoms with Crippen LogP contribution in [-0.2, 0) is 4.79 Å². The summed E-state index contributed by atoms with van der Waals surface area (Å²) in [5.74, 6) is 0.355. The van der Waals surface area contributed by atoms with E-state index in [2.05, 4.69) is 26.1 Å². The Kier molecular flexibility index (Phi) is 9.31. The summed E-state index contributed by atoms with van der Waals surface area (Å²) in [5, 5.41) is 11.6. The third kappa shape index (κ3) is 7.15. The summed E-state index contributed by atoms with van der Waals surface area (Å²) in [6, 6.07) is -0.395. The van der Waals surface area contributed by atoms with Crippen LogP contribution in [0.25, 0.3) is 0 Å². The lowest BCUT2D eigenvalue weighted by Gasteiger charge is -2.18. The molecule has 0 aliphatic heterocycles. The van der Waals surface area contributed by atoms with Gasteiger partial charge in [0.2, 0.25) is 0 Å². The van der Waals surface area contributed by atoms with Gasteiger partial charge in [-0.05, 0) is 31.7 Å². The van der Waals surface area contributed by atoms with Gasteiger partial charge in [0.15, 0.2) is 0 Å². The van der Waals surface area contributed by atoms with E-state index in [0.29, 0.717) is 18.3 Å². The maximum absolute atomic E-state index is 10.7. The largest absolute Gasteiger partial charge is 0.480 e. The second kappa shape index (κ2) is 8.06. The van der Waals surface area contributed by atoms with Crippen LogP contribution in [0.5, 0.6) is 0 Å². The zero-order valence-corrected chi connectivity index (χ0v) is 10.2. The first kappa shape index (κ1) is 16.2. The van der Waals surface area contributed by atoms with E-state index in [1.807, 2.05) is 0 Å². The monoisotopic (exact) mass is 223 g/mol. The van der Waals surface area contributed by atoms with Gasteiger partial charge >= 0.3 is 5.97 Å². The SMILES string of the molecule is CN[C@@H](CC(C)CC(C)C)C(=O)O.Cl. The minimum atomic E-state index is -0.752. The van der Waals surface area contributed by atoms with Crippen molar-refractivity contribution in [3.05, 3.63) is 0 Å². The molecule has 0 aromatic heterocycles. The number of carboxylic acids is 1. The van der Waals surface area contributed by atoms with Gasteiger partial charge in [-0.25, -0.2) is 0 Å². The Morgan fingerprint density at radius 1 is 1.29 bits per heavy atom. The van der Waals surface area contributed by atoms with E-state index in [1.165, 1.54) is 0 Å². The molecule has 0 aromatic carbocycles. The van der Waals surface area contributed by atoms with Gasteiger partial charge in [-0.15, -0.1) is 12.4 Å². The Morgan fingerprint density at radius 2 is 1.79 bits per heavy atom. The highest BCUT2D eigenvalue weighted by molar-refractivity contribution is 5.85. The molecule has 0 aliphatic rings. The fourth-order valence-corrected chi connectivity index (χ4v) is 1.65. The van der Waals surface area contributed by atoms with Crippen LogP contribution < -0.4 is 5.32 Å². The molecule has 0 heterocycles. The van der Waals surface area contributed by atoms with Crippen LogP contribution in [0.4, 0.5) is 0 Å². The van der Waals surface area contributed by atoms with Gasteiger partial charge in [-0.2, -0.15) is 0 Å². The molecule has 4 heteroatoms. The summed E-state index contributed by atoms with van der Waals surface area (Å²) in [5.41, 5.74) is 0. The Bertz CT molecular complexity index is 162. The highest BCUT2D eigenvalue weighted by atomic mass is 35.5. The topological polar surface area (TPSA) is 49.3 Å². The number of hydrogen-bond donors (Lipinski definition) is 2. The number of aliphatic carboxylic acids is 1. The highest BCUT2D eigenvalue weighted by Gasteiger charge is 2.18. The minimum absolute atomic E-state index is 0. The van der Waals surface area contributed by atoms with E-state index in [4.69, 9.17) is 5.11 Å². The number of likely N-dealkylation sites (N-methyl/N-ethyl adjacent to an activating group) is 1. The summed E-state index contributed by atoms with van der Waals surface area (Å²) < 4.78 is 0. The Labute approximate surface area is 92.7 Å². The van der Waals surface area contributed by atoms with Crippen LogP contribution in [-0.4, -0.2) is 24.2 Å². The van der Waals surface area contributed by atoms with Gasteiger partial charge in [-0.3, -0.25) is 4.79 Å². The van der Waals surface area contributed by atoms with E-state index in [9.17, 15) is 4.79 Å². The molecular weight excluding hydrogens is 202 g/mol. The van der Waals surface area contributed by atoms with Crippen molar-refractivity contribution in [2.45, 2.75) is 39.7 Å². The molecule has 0 rings (SSSR count). The van der Waals surface area contributed by atoms with Crippen LogP contribution in [0.3, 0.4) is 0 Å². The highest BCUT2D eigenvalue weighted by Crippen LogP contribution is 2.16. The maximum Gasteiger partial charge on any atom is 0.320 e. The van der Waals surface area contributed by atoms with Crippen molar-refractivity contribution in [2.24, 2.45) is 11.8 Å². The molecular formula is C10H22ClNO2. The lowest BCUT2D eigenvalue weighted by molar-refractivity contribution is -0.139. The van der Waals surface area contributed by atoms with Gasteiger partial charge in [-0.1, -0.05) is 20.8 Å². The molecule has 0 amide bonds. The summed E-state index contributed by atoms with van der Waals surface area (Å²) in [6.45, 7) is 6.42. The van der Waals surface area contributed by atoms with Crippen molar-refractivity contribution in [1.82, 2.24) is 5.32 Å². The lowest BCUT2D eigenvalue weighted by Crippen LogP contribution is -2.35. The summed E-state index contributed by atoms with van der Waals surface area (Å²) in [6.07, 6.45) is 1.80. The van der Waals surface area contributed by atoms with Crippen LogP contribution >= 0.6 is 12.4 Å². The second-order valence-corrected chi connectivity index (χ2v) is 4.15. The van der Waals surface area contributed by atoms with Gasteiger partial charge in [0.05, 0.1) is 0 Å². The number of rotatable bonds is 6. The van der Waals surface area contributed by atoms with Crippen LogP contribution in [0.15, 0.2) is 0 Å². The van der Waals surface area contributed by atoms with Crippen molar-refractivity contribution in [3.63, 3.8) is 0 Å². The van der Waals surface area contributed by atoms with Gasteiger partial charge in [0.1, 0.15) is 6.04 Å². The van der Waals surface area contributed by atoms with Crippen molar-refractivity contribution < 1.29 is 9.90 Å². The van der Waals surface area contributed by atoms with Crippen LogP contribution in [0, 0.1) is 11.8 Å². The second-order valence-electron chi connectivity index (χ2n) is 4.15. The Morgan fingerprint density at radius 3 is 2.07 bits per heavy atom. The zero-order valence-electron chi connectivity index (χ0n) is 9.41. The standard InChI is InChI=1S/C10H21NO2.ClH/c1-7(2)5-8(3)6-9(11-4)10(12)13;/h7-9,11H,5-6H2,1-4H3,(H,12,13);1H/t8?,9-;/m0./s1. The van der Waals surface area contributed by atoms with E-state index in [-0.39, 0.29) is 12.4 Å². The molecule has 1 unspecified atom stereocenters. The molecule has 14 heavy (non-hydrogen) atoms. The van der Waals surface area contributed by atoms with Crippen molar-refractivity contribution in [1.29, 1.82) is 0 Å². The Balaban J connectivity index is 0. The molecule has 0 spiro atoms. The molecule has 0 saturated heterocycles. The predicted molar refractivity (Wildman–Crippen MR) is 61.0 cm³/mol. The van der Waals surface area contributed by atoms with E-state index in [1.54, 1.807) is 7.05 Å². The zero-order chi connectivity index (χ0) is 10.4. The fraction of sp³-hybridized carbons (Fsp3) is 0.900. The van der Waals surface area contributed by atoms with E-state index >= 15 is 0 Å². The Hall–Kier alpha value is -0.280. The molecule has 0 aliphatic carbocycles. The first-order valence-electron chi connectivity index (χ1n) is 4.87. The number of carboxylic acid groups (broad SMARTS) is 1. The maximum atomic E-state index is 10.7. The molecule has 0 fully saturated rings. The third-order valence-electron chi connectivity index (χ3n) is 2.16. The summed E-state index contributed by atoms with van der Waals surface area (Å²) in [4.78, 5) is 10.7. The number of nitrogens with one attached hydrogen (secondary N) is 1. The average molecular weight is 224 g/mol. The van der Waals surface area contributed by atoms with Crippen molar-refractivity contribution in [3.8, 4) is 0 Å². The molecule has 2 N–H and O–H groups in total. The van der Waals surface area contributed by atoms with Crippen molar-refractivity contribution in [2.75, 3.05) is 7.05 Å². The van der Waals surface area contributed by atoms with Crippen molar-refractivity contribution >= 4 is 18.4 Å². The first-order chi connectivity index (χ1) is 5.97. The normalized spacial score (nSPS) is 14.6. The molecule has 3 nitrogen and oxygen atoms in total. The smallest absolute Gasteiger partial charge is 0.320 e. The van der Waals surface area contributed by atoms with Gasteiger partial charge < -0.3 is 10.4 Å². The molecule has 0 radical (unpaired) electrons. The first-order valence-corrected chi connectivity index (χ1v) is 4.87. The molecule has 2 atom stereocenters. The number of halogens is 1. The molecule has 0 bridgehead atoms.